The van der Waals surface area contributed by atoms with E-state index >= 15 is 0 Å². The van der Waals surface area contributed by atoms with Gasteiger partial charge in [-0.2, -0.15) is 0 Å². The van der Waals surface area contributed by atoms with Crippen LogP contribution in [0, 0.1) is 5.92 Å². The number of nitrogens with zero attached hydrogens (tertiary/aromatic N) is 1. The second kappa shape index (κ2) is 8.00. The fraction of sp³-hybridized carbons (Fsp3) is 0.562. The van der Waals surface area contributed by atoms with Crippen molar-refractivity contribution >= 4 is 11.6 Å². The van der Waals surface area contributed by atoms with Crippen LogP contribution >= 0.6 is 0 Å². The van der Waals surface area contributed by atoms with Crippen molar-refractivity contribution in [3.63, 3.8) is 0 Å². The van der Waals surface area contributed by atoms with Crippen molar-refractivity contribution in [3.05, 3.63) is 18.2 Å². The van der Waals surface area contributed by atoms with Gasteiger partial charge in [0.15, 0.2) is 0 Å². The number of nitrogens with one attached hydrogen (secondary N) is 1. The van der Waals surface area contributed by atoms with Crippen molar-refractivity contribution < 1.29 is 19.4 Å². The number of carbonyl (C=O) groups is 1. The van der Waals surface area contributed by atoms with Gasteiger partial charge in [0, 0.05) is 12.7 Å². The summed E-state index contributed by atoms with van der Waals surface area (Å²) >= 11 is 0. The van der Waals surface area contributed by atoms with Gasteiger partial charge in [0.05, 0.1) is 26.5 Å². The Bertz CT molecular complexity index is 499. The molecule has 1 aliphatic rings. The number of rotatable bonds is 6. The molecule has 0 aliphatic carbocycles. The van der Waals surface area contributed by atoms with Gasteiger partial charge in [-0.05, 0) is 44.0 Å². The highest BCUT2D eigenvalue weighted by molar-refractivity contribution is 5.94. The van der Waals surface area contributed by atoms with Gasteiger partial charge in [-0.3, -0.25) is 9.69 Å². The Morgan fingerprint density at radius 3 is 2.64 bits per heavy atom. The second-order valence-corrected chi connectivity index (χ2v) is 5.52. The van der Waals surface area contributed by atoms with Crippen molar-refractivity contribution in [2.75, 3.05) is 45.8 Å². The lowest BCUT2D eigenvalue weighted by molar-refractivity contribution is -0.117. The molecule has 2 N–H and O–H groups in total. The van der Waals surface area contributed by atoms with E-state index in [1.54, 1.807) is 32.4 Å². The lowest BCUT2D eigenvalue weighted by Gasteiger charge is -2.30. The van der Waals surface area contributed by atoms with Gasteiger partial charge in [0.1, 0.15) is 11.5 Å². The SMILES string of the molecule is COc1ccc(OC)c(NC(=O)CN2CCC(CO)CC2)c1. The van der Waals surface area contributed by atoms with E-state index in [1.165, 1.54) is 0 Å². The van der Waals surface area contributed by atoms with Crippen LogP contribution in [0.25, 0.3) is 0 Å². The monoisotopic (exact) mass is 308 g/mol. The predicted molar refractivity (Wildman–Crippen MR) is 84.4 cm³/mol. The van der Waals surface area contributed by atoms with E-state index in [0.29, 0.717) is 29.6 Å². The molecule has 1 aliphatic heterocycles. The van der Waals surface area contributed by atoms with Crippen LogP contribution in [0.2, 0.25) is 0 Å². The van der Waals surface area contributed by atoms with Crippen molar-refractivity contribution in [1.29, 1.82) is 0 Å². The number of ether oxygens (including phenoxy) is 2. The molecule has 1 aromatic carbocycles. The lowest BCUT2D eigenvalue weighted by atomic mass is 9.98. The molecule has 0 bridgehead atoms. The van der Waals surface area contributed by atoms with E-state index in [9.17, 15) is 4.79 Å². The number of aliphatic hydroxyl groups is 1. The van der Waals surface area contributed by atoms with Gasteiger partial charge < -0.3 is 19.9 Å². The summed E-state index contributed by atoms with van der Waals surface area (Å²) in [6.45, 7) is 2.27. The van der Waals surface area contributed by atoms with Crippen LogP contribution in [0.1, 0.15) is 12.8 Å². The molecule has 1 aromatic rings. The normalized spacial score (nSPS) is 16.3. The maximum Gasteiger partial charge on any atom is 0.238 e. The number of amides is 1. The molecule has 6 nitrogen and oxygen atoms in total. The molecular formula is C16H24N2O4. The van der Waals surface area contributed by atoms with Gasteiger partial charge in [-0.15, -0.1) is 0 Å². The van der Waals surface area contributed by atoms with Gasteiger partial charge in [0.25, 0.3) is 0 Å². The summed E-state index contributed by atoms with van der Waals surface area (Å²) in [5.74, 6) is 1.57. The number of hydrogen-bond acceptors (Lipinski definition) is 5. The summed E-state index contributed by atoms with van der Waals surface area (Å²) in [6.07, 6.45) is 1.87. The number of hydrogen-bond donors (Lipinski definition) is 2. The van der Waals surface area contributed by atoms with E-state index in [-0.39, 0.29) is 12.5 Å². The zero-order valence-corrected chi connectivity index (χ0v) is 13.2. The van der Waals surface area contributed by atoms with Crippen LogP contribution in [0.15, 0.2) is 18.2 Å². The minimum Gasteiger partial charge on any atom is -0.497 e. The van der Waals surface area contributed by atoms with Gasteiger partial charge >= 0.3 is 0 Å². The van der Waals surface area contributed by atoms with Crippen LogP contribution in [-0.4, -0.2) is 56.4 Å². The van der Waals surface area contributed by atoms with Crippen molar-refractivity contribution in [3.8, 4) is 11.5 Å². The maximum atomic E-state index is 12.2. The molecule has 122 valence electrons. The van der Waals surface area contributed by atoms with Crippen molar-refractivity contribution in [2.24, 2.45) is 5.92 Å². The second-order valence-electron chi connectivity index (χ2n) is 5.52. The molecule has 1 fully saturated rings. The fourth-order valence-corrected chi connectivity index (χ4v) is 2.63. The standard InChI is InChI=1S/C16H24N2O4/c1-21-13-3-4-15(22-2)14(9-13)17-16(20)10-18-7-5-12(11-19)6-8-18/h3-4,9,12,19H,5-8,10-11H2,1-2H3,(H,17,20). The maximum absolute atomic E-state index is 12.2. The summed E-state index contributed by atoms with van der Waals surface area (Å²) in [4.78, 5) is 14.3. The third kappa shape index (κ3) is 4.35. The Kier molecular flexibility index (Phi) is 6.03. The number of piperidine rings is 1. The number of benzene rings is 1. The molecule has 0 aromatic heterocycles. The van der Waals surface area contributed by atoms with Crippen LogP contribution in [0.5, 0.6) is 11.5 Å². The molecule has 0 spiro atoms. The van der Waals surface area contributed by atoms with Crippen LogP contribution in [0.3, 0.4) is 0 Å². The first kappa shape index (κ1) is 16.6. The van der Waals surface area contributed by atoms with Gasteiger partial charge in [-0.25, -0.2) is 0 Å². The molecule has 1 heterocycles. The molecule has 2 rings (SSSR count). The summed E-state index contributed by atoms with van der Waals surface area (Å²) in [5, 5.41) is 12.0. The zero-order valence-electron chi connectivity index (χ0n) is 13.2. The third-order valence-corrected chi connectivity index (χ3v) is 4.01. The minimum absolute atomic E-state index is 0.0750. The minimum atomic E-state index is -0.0750. The van der Waals surface area contributed by atoms with E-state index in [1.807, 2.05) is 0 Å². The molecular weight excluding hydrogens is 284 g/mol. The Morgan fingerprint density at radius 1 is 1.32 bits per heavy atom. The average Bonchev–Trinajstić information content (AvgIpc) is 2.55. The highest BCUT2D eigenvalue weighted by Crippen LogP contribution is 2.28. The van der Waals surface area contributed by atoms with Crippen molar-refractivity contribution in [2.45, 2.75) is 12.8 Å². The first-order chi connectivity index (χ1) is 10.7. The smallest absolute Gasteiger partial charge is 0.238 e. The number of carbonyl (C=O) groups excluding carboxylic acids is 1. The Labute approximate surface area is 131 Å². The molecule has 1 amide bonds. The number of aliphatic hydroxyl groups excluding tert-OH is 1. The lowest BCUT2D eigenvalue weighted by Crippen LogP contribution is -2.39. The Balaban J connectivity index is 1.92. The fourth-order valence-electron chi connectivity index (χ4n) is 2.63. The van der Waals surface area contributed by atoms with Gasteiger partial charge in [0.2, 0.25) is 5.91 Å². The molecule has 22 heavy (non-hydrogen) atoms. The number of anilines is 1. The van der Waals surface area contributed by atoms with Gasteiger partial charge in [-0.1, -0.05) is 0 Å². The molecule has 6 heteroatoms. The Morgan fingerprint density at radius 2 is 2.05 bits per heavy atom. The first-order valence-corrected chi connectivity index (χ1v) is 7.51. The van der Waals surface area contributed by atoms with Crippen LogP contribution in [-0.2, 0) is 4.79 Å². The first-order valence-electron chi connectivity index (χ1n) is 7.51. The molecule has 0 radical (unpaired) electrons. The molecule has 0 atom stereocenters. The molecule has 1 saturated heterocycles. The zero-order chi connectivity index (χ0) is 15.9. The number of methoxy groups -OCH3 is 2. The summed E-state index contributed by atoms with van der Waals surface area (Å²) < 4.78 is 10.4. The highest BCUT2D eigenvalue weighted by Gasteiger charge is 2.20. The predicted octanol–water partition coefficient (Wildman–Crippen LogP) is 1.35. The van der Waals surface area contributed by atoms with E-state index in [0.717, 1.165) is 25.9 Å². The molecule has 0 unspecified atom stereocenters. The van der Waals surface area contributed by atoms with E-state index in [4.69, 9.17) is 14.6 Å². The summed E-state index contributed by atoms with van der Waals surface area (Å²) in [5.41, 5.74) is 0.608. The van der Waals surface area contributed by atoms with E-state index < -0.39 is 0 Å². The summed E-state index contributed by atoms with van der Waals surface area (Å²) in [7, 11) is 3.15. The largest absolute Gasteiger partial charge is 0.497 e. The Hall–Kier alpha value is -1.79. The van der Waals surface area contributed by atoms with Crippen molar-refractivity contribution in [1.82, 2.24) is 4.90 Å². The molecule has 0 saturated carbocycles. The topological polar surface area (TPSA) is 71.0 Å². The number of likely N-dealkylation sites (tertiary alicyclic amines) is 1. The average molecular weight is 308 g/mol. The van der Waals surface area contributed by atoms with E-state index in [2.05, 4.69) is 10.2 Å². The quantitative estimate of drug-likeness (QED) is 0.830. The third-order valence-electron chi connectivity index (χ3n) is 4.01. The van der Waals surface area contributed by atoms with Crippen LogP contribution in [0.4, 0.5) is 5.69 Å². The summed E-state index contributed by atoms with van der Waals surface area (Å²) in [6, 6.07) is 5.30. The van der Waals surface area contributed by atoms with Crippen LogP contribution < -0.4 is 14.8 Å². The highest BCUT2D eigenvalue weighted by atomic mass is 16.5.